The van der Waals surface area contributed by atoms with Crippen LogP contribution in [0.1, 0.15) is 19.3 Å². The maximum absolute atomic E-state index is 11.1. The van der Waals surface area contributed by atoms with Gasteiger partial charge in [0, 0.05) is 6.54 Å². The van der Waals surface area contributed by atoms with E-state index in [4.69, 9.17) is 14.6 Å². The minimum absolute atomic E-state index is 0.181. The van der Waals surface area contributed by atoms with Crippen molar-refractivity contribution >= 4 is 5.97 Å². The highest BCUT2D eigenvalue weighted by Crippen LogP contribution is 2.31. The average molecular weight is 293 g/mol. The molecule has 0 radical (unpaired) electrons. The Hall–Kier alpha value is -1.75. The van der Waals surface area contributed by atoms with Crippen molar-refractivity contribution in [1.82, 2.24) is 5.32 Å². The molecule has 0 aromatic heterocycles. The Balaban J connectivity index is 1.62. The molecule has 1 aromatic rings. The molecule has 0 amide bonds. The highest BCUT2D eigenvalue weighted by atomic mass is 16.5. The Bertz CT molecular complexity index is 446. The molecular formula is C16H23NO4. The Morgan fingerprint density at radius 1 is 1.29 bits per heavy atom. The van der Waals surface area contributed by atoms with Crippen LogP contribution in [0.4, 0.5) is 0 Å². The van der Waals surface area contributed by atoms with Crippen LogP contribution in [-0.4, -0.2) is 37.9 Å². The molecule has 5 nitrogen and oxygen atoms in total. The van der Waals surface area contributed by atoms with Gasteiger partial charge in [0.2, 0.25) is 0 Å². The van der Waals surface area contributed by atoms with Crippen LogP contribution in [0.2, 0.25) is 0 Å². The van der Waals surface area contributed by atoms with Gasteiger partial charge in [0.15, 0.2) is 0 Å². The quantitative estimate of drug-likeness (QED) is 0.719. The van der Waals surface area contributed by atoms with Gasteiger partial charge in [0.25, 0.3) is 0 Å². The Labute approximate surface area is 125 Å². The van der Waals surface area contributed by atoms with E-state index in [9.17, 15) is 4.79 Å². The standard InChI is InChI=1S/C16H23NO4/c1-20-13-5-7-14(8-6-13)21-10-9-17-11-12-3-2-4-15(12)16(18)19/h5-8,12,15,17H,2-4,9-11H2,1H3,(H,18,19). The van der Waals surface area contributed by atoms with Gasteiger partial charge in [0.1, 0.15) is 18.1 Å². The second-order valence-corrected chi connectivity index (χ2v) is 5.36. The van der Waals surface area contributed by atoms with Crippen LogP contribution < -0.4 is 14.8 Å². The first-order valence-electron chi connectivity index (χ1n) is 7.41. The van der Waals surface area contributed by atoms with E-state index < -0.39 is 5.97 Å². The van der Waals surface area contributed by atoms with Gasteiger partial charge in [-0.25, -0.2) is 0 Å². The zero-order valence-corrected chi connectivity index (χ0v) is 12.4. The third-order valence-electron chi connectivity index (χ3n) is 3.99. The molecule has 2 unspecified atom stereocenters. The number of nitrogens with one attached hydrogen (secondary N) is 1. The van der Waals surface area contributed by atoms with E-state index in [1.165, 1.54) is 0 Å². The lowest BCUT2D eigenvalue weighted by Crippen LogP contribution is -2.31. The zero-order chi connectivity index (χ0) is 15.1. The summed E-state index contributed by atoms with van der Waals surface area (Å²) in [5, 5.41) is 12.4. The number of carboxylic acids is 1. The van der Waals surface area contributed by atoms with E-state index in [0.717, 1.165) is 43.9 Å². The minimum atomic E-state index is -0.659. The van der Waals surface area contributed by atoms with Gasteiger partial charge in [-0.3, -0.25) is 4.79 Å². The largest absolute Gasteiger partial charge is 0.497 e. The van der Waals surface area contributed by atoms with Gasteiger partial charge < -0.3 is 19.9 Å². The predicted molar refractivity (Wildman–Crippen MR) is 79.8 cm³/mol. The van der Waals surface area contributed by atoms with Crippen molar-refractivity contribution in [3.63, 3.8) is 0 Å². The summed E-state index contributed by atoms with van der Waals surface area (Å²) in [5.74, 6) is 1.03. The van der Waals surface area contributed by atoms with Crippen molar-refractivity contribution in [3.05, 3.63) is 24.3 Å². The lowest BCUT2D eigenvalue weighted by atomic mass is 9.96. The van der Waals surface area contributed by atoms with Gasteiger partial charge in [-0.1, -0.05) is 6.42 Å². The molecule has 0 bridgehead atoms. The van der Waals surface area contributed by atoms with Crippen LogP contribution in [0.3, 0.4) is 0 Å². The monoisotopic (exact) mass is 293 g/mol. The van der Waals surface area contributed by atoms with Crippen molar-refractivity contribution in [1.29, 1.82) is 0 Å². The van der Waals surface area contributed by atoms with Crippen LogP contribution in [-0.2, 0) is 4.79 Å². The van der Waals surface area contributed by atoms with Crippen LogP contribution in [0.5, 0.6) is 11.5 Å². The number of ether oxygens (including phenoxy) is 2. The SMILES string of the molecule is COc1ccc(OCCNCC2CCCC2C(=O)O)cc1. The summed E-state index contributed by atoms with van der Waals surface area (Å²) >= 11 is 0. The number of hydrogen-bond donors (Lipinski definition) is 2. The molecule has 1 fully saturated rings. The molecule has 0 saturated heterocycles. The zero-order valence-electron chi connectivity index (χ0n) is 12.4. The van der Waals surface area contributed by atoms with Crippen molar-refractivity contribution in [2.24, 2.45) is 11.8 Å². The third-order valence-corrected chi connectivity index (χ3v) is 3.99. The molecular weight excluding hydrogens is 270 g/mol. The smallest absolute Gasteiger partial charge is 0.306 e. The summed E-state index contributed by atoms with van der Waals surface area (Å²) < 4.78 is 10.7. The normalized spacial score (nSPS) is 21.2. The molecule has 116 valence electrons. The number of hydrogen-bond acceptors (Lipinski definition) is 4. The summed E-state index contributed by atoms with van der Waals surface area (Å²) in [7, 11) is 1.63. The summed E-state index contributed by atoms with van der Waals surface area (Å²) in [5.41, 5.74) is 0. The number of carboxylic acid groups (broad SMARTS) is 1. The first-order chi connectivity index (χ1) is 10.2. The Kier molecular flexibility index (Phi) is 5.87. The number of aliphatic carboxylic acids is 1. The topological polar surface area (TPSA) is 67.8 Å². The molecule has 5 heteroatoms. The second kappa shape index (κ2) is 7.88. The predicted octanol–water partition coefficient (Wildman–Crippen LogP) is 2.16. The number of methoxy groups -OCH3 is 1. The van der Waals surface area contributed by atoms with Gasteiger partial charge in [0.05, 0.1) is 13.0 Å². The molecule has 2 rings (SSSR count). The van der Waals surface area contributed by atoms with E-state index in [1.807, 2.05) is 24.3 Å². The van der Waals surface area contributed by atoms with Crippen molar-refractivity contribution < 1.29 is 19.4 Å². The van der Waals surface area contributed by atoms with Crippen molar-refractivity contribution in [2.45, 2.75) is 19.3 Å². The van der Waals surface area contributed by atoms with Crippen molar-refractivity contribution in [2.75, 3.05) is 26.8 Å². The molecule has 2 N–H and O–H groups in total. The van der Waals surface area contributed by atoms with Crippen LogP contribution >= 0.6 is 0 Å². The maximum atomic E-state index is 11.1. The number of benzene rings is 1. The molecule has 0 aliphatic heterocycles. The minimum Gasteiger partial charge on any atom is -0.497 e. The fourth-order valence-electron chi connectivity index (χ4n) is 2.81. The van der Waals surface area contributed by atoms with Gasteiger partial charge in [-0.05, 0) is 49.6 Å². The van der Waals surface area contributed by atoms with E-state index in [1.54, 1.807) is 7.11 Å². The summed E-state index contributed by atoms with van der Waals surface area (Å²) in [6.07, 6.45) is 2.83. The molecule has 1 saturated carbocycles. The highest BCUT2D eigenvalue weighted by Gasteiger charge is 2.32. The van der Waals surface area contributed by atoms with Crippen LogP contribution in [0.25, 0.3) is 0 Å². The van der Waals surface area contributed by atoms with E-state index in [2.05, 4.69) is 5.32 Å². The van der Waals surface area contributed by atoms with Gasteiger partial charge in [-0.2, -0.15) is 0 Å². The number of carbonyl (C=O) groups is 1. The molecule has 21 heavy (non-hydrogen) atoms. The molecule has 0 spiro atoms. The summed E-state index contributed by atoms with van der Waals surface area (Å²) in [6, 6.07) is 7.46. The first kappa shape index (κ1) is 15.6. The fourth-order valence-corrected chi connectivity index (χ4v) is 2.81. The maximum Gasteiger partial charge on any atom is 0.306 e. The van der Waals surface area contributed by atoms with Crippen molar-refractivity contribution in [3.8, 4) is 11.5 Å². The highest BCUT2D eigenvalue weighted by molar-refractivity contribution is 5.70. The Morgan fingerprint density at radius 2 is 2.00 bits per heavy atom. The van der Waals surface area contributed by atoms with E-state index in [-0.39, 0.29) is 11.8 Å². The average Bonchev–Trinajstić information content (AvgIpc) is 2.96. The number of rotatable bonds is 8. The van der Waals surface area contributed by atoms with Crippen LogP contribution in [0, 0.1) is 11.8 Å². The fraction of sp³-hybridized carbons (Fsp3) is 0.562. The first-order valence-corrected chi connectivity index (χ1v) is 7.41. The lowest BCUT2D eigenvalue weighted by Gasteiger charge is -2.16. The molecule has 1 aromatic carbocycles. The molecule has 1 aliphatic rings. The summed E-state index contributed by atoms with van der Waals surface area (Å²) in [6.45, 7) is 2.04. The second-order valence-electron chi connectivity index (χ2n) is 5.36. The Morgan fingerprint density at radius 3 is 2.67 bits per heavy atom. The third kappa shape index (κ3) is 4.63. The lowest BCUT2D eigenvalue weighted by molar-refractivity contribution is -0.142. The van der Waals surface area contributed by atoms with E-state index >= 15 is 0 Å². The van der Waals surface area contributed by atoms with Gasteiger partial charge >= 0.3 is 5.97 Å². The van der Waals surface area contributed by atoms with Gasteiger partial charge in [-0.15, -0.1) is 0 Å². The summed E-state index contributed by atoms with van der Waals surface area (Å²) in [4.78, 5) is 11.1. The van der Waals surface area contributed by atoms with Crippen LogP contribution in [0.15, 0.2) is 24.3 Å². The molecule has 2 atom stereocenters. The molecule has 0 heterocycles. The molecule has 1 aliphatic carbocycles. The van der Waals surface area contributed by atoms with E-state index in [0.29, 0.717) is 6.61 Å².